The van der Waals surface area contributed by atoms with E-state index in [0.717, 1.165) is 28.1 Å². The largest absolute Gasteiger partial charge is 0.478 e. The van der Waals surface area contributed by atoms with Crippen molar-refractivity contribution in [2.45, 2.75) is 39.4 Å². The number of morpholine rings is 1. The Bertz CT molecular complexity index is 1120. The molecule has 0 radical (unpaired) electrons. The van der Waals surface area contributed by atoms with E-state index < -0.39 is 5.60 Å². The molecule has 7 nitrogen and oxygen atoms in total. The first kappa shape index (κ1) is 22.0. The summed E-state index contributed by atoms with van der Waals surface area (Å²) in [6.07, 6.45) is 3.51. The van der Waals surface area contributed by atoms with Crippen LogP contribution >= 0.6 is 0 Å². The molecule has 1 aliphatic heterocycles. The minimum Gasteiger partial charge on any atom is -0.478 e. The van der Waals surface area contributed by atoms with Gasteiger partial charge in [0.25, 0.3) is 5.91 Å². The van der Waals surface area contributed by atoms with Crippen LogP contribution in [0.1, 0.15) is 36.9 Å². The summed E-state index contributed by atoms with van der Waals surface area (Å²) in [5, 5.41) is 4.27. The van der Waals surface area contributed by atoms with Gasteiger partial charge in [0.05, 0.1) is 25.0 Å². The minimum absolute atomic E-state index is 0.0626. The van der Waals surface area contributed by atoms with Gasteiger partial charge in [-0.25, -0.2) is 0 Å². The maximum Gasteiger partial charge on any atom is 0.266 e. The Morgan fingerprint density at radius 3 is 2.72 bits per heavy atom. The van der Waals surface area contributed by atoms with Crippen molar-refractivity contribution in [1.29, 1.82) is 0 Å². The zero-order valence-electron chi connectivity index (χ0n) is 19.3. The molecule has 32 heavy (non-hydrogen) atoms. The van der Waals surface area contributed by atoms with E-state index in [1.165, 1.54) is 0 Å². The maximum absolute atomic E-state index is 13.4. The summed E-state index contributed by atoms with van der Waals surface area (Å²) in [5.41, 5.74) is 3.88. The lowest BCUT2D eigenvalue weighted by Crippen LogP contribution is -2.53. The topological polar surface area (TPSA) is 69.5 Å². The molecular weight excluding hydrogens is 404 g/mol. The number of aromatic nitrogens is 3. The third-order valence-electron chi connectivity index (χ3n) is 5.57. The highest BCUT2D eigenvalue weighted by molar-refractivity contribution is 5.85. The summed E-state index contributed by atoms with van der Waals surface area (Å²) >= 11 is 0. The van der Waals surface area contributed by atoms with Crippen molar-refractivity contribution in [3.63, 3.8) is 0 Å². The Labute approximate surface area is 189 Å². The summed E-state index contributed by atoms with van der Waals surface area (Å²) in [5.74, 6) is 0.627. The number of carbonyl (C=O) groups is 1. The second-order valence-electron chi connectivity index (χ2n) is 8.86. The lowest BCUT2D eigenvalue weighted by atomic mass is 10.0. The second-order valence-corrected chi connectivity index (χ2v) is 8.86. The van der Waals surface area contributed by atoms with Gasteiger partial charge >= 0.3 is 0 Å². The van der Waals surface area contributed by atoms with Crippen molar-refractivity contribution in [3.8, 4) is 16.9 Å². The molecule has 1 aromatic carbocycles. The number of aryl methyl sites for hydroxylation is 3. The van der Waals surface area contributed by atoms with Crippen molar-refractivity contribution < 1.29 is 14.3 Å². The van der Waals surface area contributed by atoms with E-state index >= 15 is 0 Å². The monoisotopic (exact) mass is 434 g/mol. The van der Waals surface area contributed by atoms with Gasteiger partial charge in [-0.3, -0.25) is 14.5 Å². The van der Waals surface area contributed by atoms with Crippen LogP contribution in [-0.4, -0.2) is 50.9 Å². The van der Waals surface area contributed by atoms with Crippen LogP contribution < -0.4 is 4.74 Å². The first-order valence-electron chi connectivity index (χ1n) is 10.9. The van der Waals surface area contributed by atoms with Gasteiger partial charge in [0, 0.05) is 31.0 Å². The molecule has 0 bridgehead atoms. The molecule has 0 spiro atoms. The van der Waals surface area contributed by atoms with Gasteiger partial charge < -0.3 is 14.4 Å². The number of pyridine rings is 1. The highest BCUT2D eigenvalue weighted by atomic mass is 16.5. The Kier molecular flexibility index (Phi) is 6.02. The number of nitrogens with zero attached hydrogens (tertiary/aromatic N) is 4. The molecule has 3 heterocycles. The van der Waals surface area contributed by atoms with Crippen LogP contribution in [0.5, 0.6) is 5.75 Å². The fourth-order valence-electron chi connectivity index (χ4n) is 4.01. The van der Waals surface area contributed by atoms with Gasteiger partial charge in [-0.05, 0) is 63.1 Å². The van der Waals surface area contributed by atoms with Crippen molar-refractivity contribution in [1.82, 2.24) is 19.7 Å². The maximum atomic E-state index is 13.4. The molecule has 0 N–H and O–H groups in total. The molecular formula is C25H30N4O3. The number of hydrogen-bond donors (Lipinski definition) is 0. The Morgan fingerprint density at radius 1 is 1.19 bits per heavy atom. The van der Waals surface area contributed by atoms with Crippen molar-refractivity contribution in [2.75, 3.05) is 19.7 Å². The number of carbonyl (C=O) groups excluding carboxylic acids is 1. The quantitative estimate of drug-likeness (QED) is 0.610. The third-order valence-corrected chi connectivity index (χ3v) is 5.57. The number of amides is 1. The van der Waals surface area contributed by atoms with E-state index in [9.17, 15) is 4.79 Å². The van der Waals surface area contributed by atoms with Crippen molar-refractivity contribution in [2.24, 2.45) is 7.05 Å². The van der Waals surface area contributed by atoms with Crippen LogP contribution in [0.4, 0.5) is 0 Å². The van der Waals surface area contributed by atoms with Crippen LogP contribution in [-0.2, 0) is 16.6 Å². The first-order chi connectivity index (χ1) is 15.2. The summed E-state index contributed by atoms with van der Waals surface area (Å²) in [7, 11) is 1.90. The van der Waals surface area contributed by atoms with E-state index in [2.05, 4.69) is 5.10 Å². The first-order valence-corrected chi connectivity index (χ1v) is 10.9. The van der Waals surface area contributed by atoms with E-state index in [4.69, 9.17) is 14.5 Å². The third kappa shape index (κ3) is 4.83. The van der Waals surface area contributed by atoms with Gasteiger partial charge in [-0.15, -0.1) is 0 Å². The number of rotatable bonds is 5. The molecule has 7 heteroatoms. The van der Waals surface area contributed by atoms with Crippen LogP contribution in [0, 0.1) is 13.8 Å². The smallest absolute Gasteiger partial charge is 0.266 e. The number of ether oxygens (including phenoxy) is 2. The molecule has 4 rings (SSSR count). The molecule has 2 aromatic heterocycles. The van der Waals surface area contributed by atoms with Crippen LogP contribution in [0.15, 0.2) is 48.8 Å². The zero-order valence-corrected chi connectivity index (χ0v) is 19.3. The number of hydrogen-bond acceptors (Lipinski definition) is 5. The second kappa shape index (κ2) is 8.74. The molecule has 0 aliphatic carbocycles. The van der Waals surface area contributed by atoms with Gasteiger partial charge in [0.1, 0.15) is 11.9 Å². The number of benzene rings is 1. The molecule has 1 amide bonds. The van der Waals surface area contributed by atoms with Crippen molar-refractivity contribution in [3.05, 3.63) is 65.7 Å². The molecule has 1 aliphatic rings. The van der Waals surface area contributed by atoms with E-state index in [1.807, 2.05) is 88.4 Å². The molecule has 3 aromatic rings. The van der Waals surface area contributed by atoms with Crippen LogP contribution in [0.2, 0.25) is 0 Å². The Morgan fingerprint density at radius 2 is 2.00 bits per heavy atom. The van der Waals surface area contributed by atoms with Gasteiger partial charge in [0.2, 0.25) is 0 Å². The van der Waals surface area contributed by atoms with Crippen LogP contribution in [0.25, 0.3) is 11.1 Å². The molecule has 1 saturated heterocycles. The van der Waals surface area contributed by atoms with E-state index in [-0.39, 0.29) is 12.0 Å². The molecule has 1 atom stereocenters. The summed E-state index contributed by atoms with van der Waals surface area (Å²) < 4.78 is 13.9. The summed E-state index contributed by atoms with van der Waals surface area (Å²) in [4.78, 5) is 19.9. The Hall–Kier alpha value is -3.19. The summed E-state index contributed by atoms with van der Waals surface area (Å²) in [6, 6.07) is 11.8. The van der Waals surface area contributed by atoms with Crippen molar-refractivity contribution >= 4 is 5.91 Å². The SMILES string of the molecule is Cc1cccc(OC(C)(C)C(=O)N2CCO[C@H](c3cc(-c4cnn(C)c4)cc(C)n3)C2)c1. The highest BCUT2D eigenvalue weighted by Gasteiger charge is 2.37. The van der Waals surface area contributed by atoms with Gasteiger partial charge in [0.15, 0.2) is 5.60 Å². The molecule has 1 fully saturated rings. The molecule has 0 unspecified atom stereocenters. The Balaban J connectivity index is 1.52. The van der Waals surface area contributed by atoms with E-state index in [0.29, 0.717) is 25.4 Å². The fraction of sp³-hybridized carbons (Fsp3) is 0.400. The average Bonchev–Trinajstić information content (AvgIpc) is 3.19. The zero-order chi connectivity index (χ0) is 22.9. The lowest BCUT2D eigenvalue weighted by molar-refractivity contribution is -0.153. The van der Waals surface area contributed by atoms with Crippen LogP contribution in [0.3, 0.4) is 0 Å². The van der Waals surface area contributed by atoms with Gasteiger partial charge in [-0.1, -0.05) is 12.1 Å². The predicted molar refractivity (Wildman–Crippen MR) is 122 cm³/mol. The lowest BCUT2D eigenvalue weighted by Gasteiger charge is -2.37. The minimum atomic E-state index is -0.989. The van der Waals surface area contributed by atoms with Gasteiger partial charge in [-0.2, -0.15) is 5.10 Å². The highest BCUT2D eigenvalue weighted by Crippen LogP contribution is 2.28. The fourth-order valence-corrected chi connectivity index (χ4v) is 4.01. The molecule has 168 valence electrons. The molecule has 0 saturated carbocycles. The average molecular weight is 435 g/mol. The normalized spacial score (nSPS) is 16.8. The van der Waals surface area contributed by atoms with E-state index in [1.54, 1.807) is 4.68 Å². The predicted octanol–water partition coefficient (Wildman–Crippen LogP) is 3.86. The standard InChI is InChI=1S/C25H30N4O3/c1-17-7-6-8-21(11-17)32-25(3,4)24(30)29-9-10-31-23(16-29)22-13-19(12-18(2)27-22)20-14-26-28(5)15-20/h6-8,11-15,23H,9-10,16H2,1-5H3/t23-/m0/s1. The summed E-state index contributed by atoms with van der Waals surface area (Å²) in [6.45, 7) is 9.01.